The number of hydrogen-bond acceptors (Lipinski definition) is 1. The number of halogens is 5. The predicted molar refractivity (Wildman–Crippen MR) is 59.6 cm³/mol. The third kappa shape index (κ3) is 3.33. The quantitative estimate of drug-likeness (QED) is 0.704. The van der Waals surface area contributed by atoms with Crippen LogP contribution in [0.15, 0.2) is 0 Å². The molecule has 1 heterocycles. The molecule has 0 spiro atoms. The second-order valence-corrected chi connectivity index (χ2v) is 5.59. The van der Waals surface area contributed by atoms with Gasteiger partial charge in [-0.3, -0.25) is 4.90 Å². The lowest BCUT2D eigenvalue weighted by Gasteiger charge is -2.48. The molecule has 0 aromatic rings. The van der Waals surface area contributed by atoms with Crippen LogP contribution in [-0.4, -0.2) is 36.6 Å². The molecule has 18 heavy (non-hydrogen) atoms. The van der Waals surface area contributed by atoms with Crippen molar-refractivity contribution in [3.05, 3.63) is 0 Å². The lowest BCUT2D eigenvalue weighted by atomic mass is 9.66. The summed E-state index contributed by atoms with van der Waals surface area (Å²) >= 11 is 0. The second kappa shape index (κ2) is 4.94. The highest BCUT2D eigenvalue weighted by Gasteiger charge is 2.53. The lowest BCUT2D eigenvalue weighted by molar-refractivity contribution is -0.177. The fourth-order valence-electron chi connectivity index (χ4n) is 2.89. The maximum absolute atomic E-state index is 13.7. The van der Waals surface area contributed by atoms with Crippen LogP contribution in [0.3, 0.4) is 0 Å². The maximum atomic E-state index is 13.7. The number of hydrogen-bond donors (Lipinski definition) is 0. The van der Waals surface area contributed by atoms with Crippen LogP contribution in [0.1, 0.15) is 33.6 Å². The molecule has 0 bridgehead atoms. The van der Waals surface area contributed by atoms with E-state index in [2.05, 4.69) is 0 Å². The van der Waals surface area contributed by atoms with E-state index in [0.717, 1.165) is 6.92 Å². The molecule has 0 amide bonds. The van der Waals surface area contributed by atoms with Crippen molar-refractivity contribution in [2.24, 2.45) is 11.3 Å². The topological polar surface area (TPSA) is 3.24 Å². The highest BCUT2D eigenvalue weighted by Crippen LogP contribution is 2.50. The Bertz CT molecular complexity index is 271. The largest absolute Gasteiger partial charge is 0.401 e. The van der Waals surface area contributed by atoms with Crippen molar-refractivity contribution in [1.29, 1.82) is 0 Å². The van der Waals surface area contributed by atoms with Crippen LogP contribution < -0.4 is 0 Å². The number of rotatable bonds is 3. The van der Waals surface area contributed by atoms with Gasteiger partial charge in [-0.15, -0.1) is 0 Å². The molecular weight excluding hydrogens is 253 g/mol. The van der Waals surface area contributed by atoms with E-state index in [9.17, 15) is 22.0 Å². The molecule has 0 radical (unpaired) electrons. The minimum Gasteiger partial charge on any atom is -0.295 e. The second-order valence-electron chi connectivity index (χ2n) is 5.59. The first kappa shape index (κ1) is 15.7. The molecule has 0 aromatic heterocycles. The zero-order chi connectivity index (χ0) is 14.2. The highest BCUT2D eigenvalue weighted by molar-refractivity contribution is 4.96. The van der Waals surface area contributed by atoms with Crippen molar-refractivity contribution in [3.63, 3.8) is 0 Å². The Morgan fingerprint density at radius 1 is 1.06 bits per heavy atom. The van der Waals surface area contributed by atoms with Crippen molar-refractivity contribution in [1.82, 2.24) is 4.90 Å². The molecule has 1 fully saturated rings. The van der Waals surface area contributed by atoms with Crippen LogP contribution in [0.2, 0.25) is 0 Å². The molecule has 0 unspecified atom stereocenters. The fraction of sp³-hybridized carbons (Fsp3) is 1.00. The molecule has 108 valence electrons. The van der Waals surface area contributed by atoms with E-state index in [4.69, 9.17) is 0 Å². The summed E-state index contributed by atoms with van der Waals surface area (Å²) in [5.74, 6) is -3.10. The van der Waals surface area contributed by atoms with Gasteiger partial charge >= 0.3 is 6.18 Å². The molecule has 0 saturated carbocycles. The van der Waals surface area contributed by atoms with E-state index in [1.54, 1.807) is 13.8 Å². The van der Waals surface area contributed by atoms with Gasteiger partial charge in [0.1, 0.15) is 0 Å². The van der Waals surface area contributed by atoms with Gasteiger partial charge in [-0.25, -0.2) is 8.78 Å². The maximum Gasteiger partial charge on any atom is 0.401 e. The molecule has 0 aromatic carbocycles. The minimum atomic E-state index is -4.26. The third-order valence-electron chi connectivity index (χ3n) is 4.13. The summed E-state index contributed by atoms with van der Waals surface area (Å²) in [6, 6.07) is 0. The Morgan fingerprint density at radius 2 is 1.50 bits per heavy atom. The zero-order valence-corrected chi connectivity index (χ0v) is 10.9. The normalized spacial score (nSPS) is 22.5. The molecule has 1 saturated heterocycles. The fourth-order valence-corrected chi connectivity index (χ4v) is 2.89. The predicted octanol–water partition coefficient (Wildman–Crippen LogP) is 3.94. The van der Waals surface area contributed by atoms with Gasteiger partial charge in [0.15, 0.2) is 0 Å². The van der Waals surface area contributed by atoms with Gasteiger partial charge in [-0.1, -0.05) is 13.8 Å². The molecule has 0 aliphatic carbocycles. The van der Waals surface area contributed by atoms with Crippen LogP contribution in [-0.2, 0) is 0 Å². The molecular formula is C12H20F5N. The van der Waals surface area contributed by atoms with Crippen molar-refractivity contribution < 1.29 is 22.0 Å². The van der Waals surface area contributed by atoms with Gasteiger partial charge in [0, 0.05) is 5.41 Å². The number of alkyl halides is 5. The van der Waals surface area contributed by atoms with Crippen molar-refractivity contribution >= 4 is 0 Å². The monoisotopic (exact) mass is 273 g/mol. The minimum absolute atomic E-state index is 0.0844. The smallest absolute Gasteiger partial charge is 0.295 e. The summed E-state index contributed by atoms with van der Waals surface area (Å²) in [6.45, 7) is 3.48. The number of nitrogens with zero attached hydrogens (tertiary/aromatic N) is 1. The van der Waals surface area contributed by atoms with E-state index in [1.165, 1.54) is 4.90 Å². The highest BCUT2D eigenvalue weighted by atomic mass is 19.4. The van der Waals surface area contributed by atoms with E-state index >= 15 is 0 Å². The third-order valence-corrected chi connectivity index (χ3v) is 4.13. The van der Waals surface area contributed by atoms with E-state index < -0.39 is 24.1 Å². The molecule has 1 aliphatic heterocycles. The van der Waals surface area contributed by atoms with E-state index in [-0.39, 0.29) is 31.8 Å². The summed E-state index contributed by atoms with van der Waals surface area (Å²) in [4.78, 5) is 1.21. The van der Waals surface area contributed by atoms with Crippen LogP contribution in [0, 0.1) is 11.3 Å². The van der Waals surface area contributed by atoms with Gasteiger partial charge in [-0.2, -0.15) is 13.2 Å². The Kier molecular flexibility index (Phi) is 4.30. The van der Waals surface area contributed by atoms with Crippen molar-refractivity contribution in [2.45, 2.75) is 45.7 Å². The Labute approximate surface area is 104 Å². The summed E-state index contributed by atoms with van der Waals surface area (Å²) in [5.41, 5.74) is -1.17. The standard InChI is InChI=1S/C12H20F5N/c1-9(2)11(10(3,13)14)4-6-18(7-5-11)8-12(15,16)17/h9H,4-8H2,1-3H3. The lowest BCUT2D eigenvalue weighted by Crippen LogP contribution is -2.52. The molecule has 1 nitrogen and oxygen atoms in total. The van der Waals surface area contributed by atoms with Gasteiger partial charge in [0.2, 0.25) is 0 Å². The summed E-state index contributed by atoms with van der Waals surface area (Å²) in [6.07, 6.45) is -4.03. The van der Waals surface area contributed by atoms with Crippen molar-refractivity contribution in [2.75, 3.05) is 19.6 Å². The average molecular weight is 273 g/mol. The van der Waals surface area contributed by atoms with Crippen LogP contribution in [0.5, 0.6) is 0 Å². The number of piperidine rings is 1. The van der Waals surface area contributed by atoms with Crippen LogP contribution >= 0.6 is 0 Å². The van der Waals surface area contributed by atoms with Crippen LogP contribution in [0.4, 0.5) is 22.0 Å². The van der Waals surface area contributed by atoms with Gasteiger partial charge in [0.25, 0.3) is 5.92 Å². The van der Waals surface area contributed by atoms with E-state index in [0.29, 0.717) is 0 Å². The van der Waals surface area contributed by atoms with E-state index in [1.807, 2.05) is 0 Å². The number of likely N-dealkylation sites (tertiary alicyclic amines) is 1. The Balaban J connectivity index is 2.71. The summed E-state index contributed by atoms with van der Waals surface area (Å²) in [5, 5.41) is 0. The zero-order valence-electron chi connectivity index (χ0n) is 10.9. The first-order chi connectivity index (χ1) is 7.98. The Morgan fingerprint density at radius 3 is 1.78 bits per heavy atom. The van der Waals surface area contributed by atoms with Crippen LogP contribution in [0.25, 0.3) is 0 Å². The van der Waals surface area contributed by atoms with Crippen molar-refractivity contribution in [3.8, 4) is 0 Å². The van der Waals surface area contributed by atoms with Gasteiger partial charge in [0.05, 0.1) is 6.54 Å². The molecule has 0 atom stereocenters. The molecule has 0 N–H and O–H groups in total. The summed E-state index contributed by atoms with van der Waals surface area (Å²) < 4.78 is 64.2. The molecule has 6 heteroatoms. The Hall–Kier alpha value is -0.390. The van der Waals surface area contributed by atoms with Gasteiger partial charge in [-0.05, 0) is 38.8 Å². The molecule has 1 aliphatic rings. The van der Waals surface area contributed by atoms with Gasteiger partial charge < -0.3 is 0 Å². The summed E-state index contributed by atoms with van der Waals surface area (Å²) in [7, 11) is 0. The SMILES string of the molecule is CC(C)C1(C(C)(F)F)CCN(CC(F)(F)F)CC1. The molecule has 1 rings (SSSR count). The average Bonchev–Trinajstić information content (AvgIpc) is 2.13. The first-order valence-corrected chi connectivity index (χ1v) is 6.15. The first-order valence-electron chi connectivity index (χ1n) is 6.15.